The second-order valence-electron chi connectivity index (χ2n) is 3.01. The van der Waals surface area contributed by atoms with Crippen LogP contribution in [0.5, 0.6) is 0 Å². The Morgan fingerprint density at radius 3 is 1.67 bits per heavy atom. The number of rotatable bonds is 8. The Hall–Kier alpha value is 0.290. The van der Waals surface area contributed by atoms with E-state index in [9.17, 15) is 28.2 Å². The predicted octanol–water partition coefficient (Wildman–Crippen LogP) is -8.48. The van der Waals surface area contributed by atoms with E-state index in [1.807, 2.05) is 0 Å². The zero-order valence-electron chi connectivity index (χ0n) is 12.0. The van der Waals surface area contributed by atoms with Crippen LogP contribution in [-0.4, -0.2) is 43.4 Å². The number of hydrogen-bond acceptors (Lipinski definition) is 7. The fourth-order valence-electron chi connectivity index (χ4n) is 0.696. The minimum atomic E-state index is -4.94. The van der Waals surface area contributed by atoms with Crippen molar-refractivity contribution in [1.82, 2.24) is 0 Å². The van der Waals surface area contributed by atoms with Crippen molar-refractivity contribution in [3.63, 3.8) is 0 Å². The molecule has 8 nitrogen and oxygen atoms in total. The summed E-state index contributed by atoms with van der Waals surface area (Å²) in [6.45, 7) is 8.18. The fraction of sp³-hybridized carbons (Fsp3) is 0.400. The number of hydrogen-bond donors (Lipinski definition) is 1. The molecule has 0 saturated carbocycles. The molecule has 1 atom stereocenters. The van der Waals surface area contributed by atoms with Crippen molar-refractivity contribution in [3.05, 3.63) is 25.3 Å². The van der Waals surface area contributed by atoms with E-state index in [1.165, 1.54) is 0 Å². The Kier molecular flexibility index (Phi) is 23.3. The van der Waals surface area contributed by atoms with Gasteiger partial charge in [-0.15, -0.1) is 13.2 Å². The van der Waals surface area contributed by atoms with Gasteiger partial charge in [-0.25, -0.2) is 0 Å². The maximum Gasteiger partial charge on any atom is 1.00 e. The van der Waals surface area contributed by atoms with Crippen LogP contribution >= 0.6 is 0 Å². The second-order valence-corrected chi connectivity index (χ2v) is 4.61. The Morgan fingerprint density at radius 2 is 1.52 bits per heavy atom. The van der Waals surface area contributed by atoms with Crippen LogP contribution in [0.3, 0.4) is 0 Å². The quantitative estimate of drug-likeness (QED) is 0.198. The first kappa shape index (κ1) is 29.3. The minimum absolute atomic E-state index is 0. The van der Waals surface area contributed by atoms with Crippen molar-refractivity contribution in [2.75, 3.05) is 13.2 Å². The molecule has 1 N–H and O–H groups in total. The van der Waals surface area contributed by atoms with Crippen molar-refractivity contribution in [1.29, 1.82) is 0 Å². The third kappa shape index (κ3) is 20.3. The molecule has 0 bridgehead atoms. The molecule has 0 radical (unpaired) electrons. The molecule has 0 aliphatic carbocycles. The van der Waals surface area contributed by atoms with E-state index in [2.05, 4.69) is 13.2 Å². The molecule has 0 aliphatic heterocycles. The van der Waals surface area contributed by atoms with Gasteiger partial charge in [0.25, 0.3) is 10.1 Å². The van der Waals surface area contributed by atoms with Crippen LogP contribution in [0.15, 0.2) is 25.3 Å². The van der Waals surface area contributed by atoms with Crippen molar-refractivity contribution < 1.29 is 96.6 Å². The summed E-state index contributed by atoms with van der Waals surface area (Å²) in [5.41, 5.74) is 0. The van der Waals surface area contributed by atoms with Gasteiger partial charge in [0.15, 0.2) is 0 Å². The van der Waals surface area contributed by atoms with Gasteiger partial charge in [-0.2, -0.15) is 8.42 Å². The van der Waals surface area contributed by atoms with Gasteiger partial charge in [0.2, 0.25) is 0 Å². The van der Waals surface area contributed by atoms with E-state index in [0.717, 1.165) is 0 Å². The maximum absolute atomic E-state index is 10.2. The number of carbonyl (C=O) groups excluding carboxylic acids is 2. The molecule has 0 amide bonds. The SMILES string of the molecule is C=CCOCC=C.O=C([O-])CC(C(=O)[O-])S(=O)(=O)O.[Na+].[Na+]. The largest absolute Gasteiger partial charge is 1.00 e. The van der Waals surface area contributed by atoms with E-state index in [0.29, 0.717) is 13.2 Å². The first-order valence-corrected chi connectivity index (χ1v) is 6.33. The minimum Gasteiger partial charge on any atom is -0.550 e. The molecule has 0 saturated heterocycles. The van der Waals surface area contributed by atoms with Crippen LogP contribution in [0.2, 0.25) is 0 Å². The average Bonchev–Trinajstić information content (AvgIpc) is 2.25. The summed E-state index contributed by atoms with van der Waals surface area (Å²) in [6, 6.07) is 0. The van der Waals surface area contributed by atoms with Crippen molar-refractivity contribution in [2.45, 2.75) is 11.7 Å². The second kappa shape index (κ2) is 16.7. The molecular weight excluding hydrogens is 326 g/mol. The van der Waals surface area contributed by atoms with E-state index >= 15 is 0 Å². The standard InChI is InChI=1S/C6H10O.C4H6O7S.2Na/c1-3-5-7-6-4-2;5-3(6)1-2(4(7)8)12(9,10)11;;/h3-4H,1-2,5-6H2;2H,1H2,(H,5,6)(H,7,8)(H,9,10,11);;/q;;2*+1/p-2. The number of carboxylic acid groups (broad SMARTS) is 2. The van der Waals surface area contributed by atoms with Gasteiger partial charge in [0, 0.05) is 12.4 Å². The van der Waals surface area contributed by atoms with Crippen molar-refractivity contribution in [3.8, 4) is 0 Å². The summed E-state index contributed by atoms with van der Waals surface area (Å²) in [7, 11) is -4.94. The Bertz CT molecular complexity index is 413. The third-order valence-corrected chi connectivity index (χ3v) is 2.52. The normalized spacial score (nSPS) is 10.5. The molecule has 110 valence electrons. The van der Waals surface area contributed by atoms with E-state index in [-0.39, 0.29) is 59.1 Å². The first-order valence-electron chi connectivity index (χ1n) is 4.83. The number of carboxylic acids is 2. The van der Waals surface area contributed by atoms with E-state index in [4.69, 9.17) is 9.29 Å². The van der Waals surface area contributed by atoms with Gasteiger partial charge in [-0.3, -0.25) is 4.55 Å². The molecule has 11 heteroatoms. The average molecular weight is 340 g/mol. The Balaban J connectivity index is -0.000000140. The van der Waals surface area contributed by atoms with Gasteiger partial charge in [-0.1, -0.05) is 12.2 Å². The molecule has 0 fully saturated rings. The van der Waals surface area contributed by atoms with Crippen LogP contribution in [0.1, 0.15) is 6.42 Å². The zero-order valence-corrected chi connectivity index (χ0v) is 16.8. The van der Waals surface area contributed by atoms with Crippen LogP contribution in [0.25, 0.3) is 0 Å². The van der Waals surface area contributed by atoms with Gasteiger partial charge >= 0.3 is 59.1 Å². The molecule has 0 aromatic heterocycles. The fourth-order valence-corrected chi connectivity index (χ4v) is 1.29. The summed E-state index contributed by atoms with van der Waals surface area (Å²) < 4.78 is 33.4. The van der Waals surface area contributed by atoms with Crippen LogP contribution in [0, 0.1) is 0 Å². The molecule has 0 aromatic rings. The third-order valence-electron chi connectivity index (χ3n) is 1.45. The Labute approximate surface area is 167 Å². The number of ether oxygens (including phenoxy) is 1. The molecule has 0 heterocycles. The molecule has 0 spiro atoms. The molecule has 21 heavy (non-hydrogen) atoms. The first-order chi connectivity index (χ1) is 8.66. The van der Waals surface area contributed by atoms with Crippen molar-refractivity contribution >= 4 is 22.1 Å². The number of aliphatic carboxylic acids is 2. The summed E-state index contributed by atoms with van der Waals surface area (Å²) >= 11 is 0. The van der Waals surface area contributed by atoms with Gasteiger partial charge in [0.05, 0.1) is 19.2 Å². The molecule has 0 aliphatic rings. The predicted molar refractivity (Wildman–Crippen MR) is 61.2 cm³/mol. The summed E-state index contributed by atoms with van der Waals surface area (Å²) in [6.07, 6.45) is 2.09. The summed E-state index contributed by atoms with van der Waals surface area (Å²) in [5, 5.41) is 17.3. The summed E-state index contributed by atoms with van der Waals surface area (Å²) in [5.74, 6) is -4.08. The van der Waals surface area contributed by atoms with Crippen LogP contribution < -0.4 is 69.3 Å². The van der Waals surface area contributed by atoms with E-state index < -0.39 is 33.7 Å². The topological polar surface area (TPSA) is 144 Å². The monoisotopic (exact) mass is 340 g/mol. The van der Waals surface area contributed by atoms with Gasteiger partial charge in [-0.05, 0) is 0 Å². The Morgan fingerprint density at radius 1 is 1.14 bits per heavy atom. The van der Waals surface area contributed by atoms with Crippen LogP contribution in [0.4, 0.5) is 0 Å². The molecule has 0 rings (SSSR count). The molecule has 0 aromatic carbocycles. The van der Waals surface area contributed by atoms with E-state index in [1.54, 1.807) is 12.2 Å². The number of carbonyl (C=O) groups is 2. The molecule has 1 unspecified atom stereocenters. The maximum atomic E-state index is 10.2. The van der Waals surface area contributed by atoms with Gasteiger partial charge in [0.1, 0.15) is 5.25 Å². The zero-order chi connectivity index (χ0) is 15.5. The van der Waals surface area contributed by atoms with Gasteiger partial charge < -0.3 is 24.5 Å². The molecular formula is C10H14Na2O8S. The van der Waals surface area contributed by atoms with Crippen LogP contribution in [-0.2, 0) is 24.4 Å². The summed E-state index contributed by atoms with van der Waals surface area (Å²) in [4.78, 5) is 19.7. The van der Waals surface area contributed by atoms with Crippen molar-refractivity contribution in [2.24, 2.45) is 0 Å². The smallest absolute Gasteiger partial charge is 0.550 e.